The van der Waals surface area contributed by atoms with Crippen molar-refractivity contribution in [3.63, 3.8) is 0 Å². The Morgan fingerprint density at radius 3 is 2.26 bits per heavy atom. The van der Waals surface area contributed by atoms with E-state index in [1.165, 1.54) is 0 Å². The standard InChI is InChI=1S/C30H49N3O5/c1-8-24(32-26(35)18-38-29-21(6)12-11-13-22(29)7)25(34)17-23(16-19(2)3)31-30(37)28(20(4)5)33-15-10-9-14-27(33)36/h11-13,19-20,23-25,28,34H,8-10,14-18H2,1-7H3,(H,31,37)(H,32,35)/t23-,24-,25-,28+/m0/s1. The van der Waals surface area contributed by atoms with Gasteiger partial charge < -0.3 is 25.4 Å². The maximum Gasteiger partial charge on any atom is 0.258 e. The van der Waals surface area contributed by atoms with Gasteiger partial charge in [0.2, 0.25) is 11.8 Å². The summed E-state index contributed by atoms with van der Waals surface area (Å²) in [5, 5.41) is 17.1. The molecule has 0 bridgehead atoms. The molecule has 1 fully saturated rings. The zero-order valence-corrected chi connectivity index (χ0v) is 24.4. The van der Waals surface area contributed by atoms with Crippen LogP contribution >= 0.6 is 0 Å². The molecule has 0 unspecified atom stereocenters. The van der Waals surface area contributed by atoms with Gasteiger partial charge in [0.25, 0.3) is 5.91 Å². The van der Waals surface area contributed by atoms with Crippen LogP contribution in [-0.2, 0) is 14.4 Å². The van der Waals surface area contributed by atoms with Gasteiger partial charge >= 0.3 is 0 Å². The van der Waals surface area contributed by atoms with Gasteiger partial charge in [-0.2, -0.15) is 0 Å². The third-order valence-corrected chi connectivity index (χ3v) is 7.23. The summed E-state index contributed by atoms with van der Waals surface area (Å²) in [5.41, 5.74) is 1.92. The molecule has 38 heavy (non-hydrogen) atoms. The number of benzene rings is 1. The number of para-hydroxylation sites is 1. The second kappa shape index (κ2) is 15.1. The third-order valence-electron chi connectivity index (χ3n) is 7.23. The van der Waals surface area contributed by atoms with Crippen LogP contribution in [0.2, 0.25) is 0 Å². The van der Waals surface area contributed by atoms with E-state index in [-0.39, 0.29) is 36.3 Å². The minimum atomic E-state index is -0.845. The zero-order valence-electron chi connectivity index (χ0n) is 24.4. The van der Waals surface area contributed by atoms with Crippen LogP contribution in [-0.4, -0.2) is 65.1 Å². The highest BCUT2D eigenvalue weighted by molar-refractivity contribution is 5.88. The number of carbonyl (C=O) groups excluding carboxylic acids is 3. The van der Waals surface area contributed by atoms with E-state index in [2.05, 4.69) is 24.5 Å². The molecular weight excluding hydrogens is 482 g/mol. The molecule has 1 aromatic rings. The fraction of sp³-hybridized carbons (Fsp3) is 0.700. The molecule has 214 valence electrons. The second-order valence-corrected chi connectivity index (χ2v) is 11.5. The number of likely N-dealkylation sites (tertiary alicyclic amines) is 1. The highest BCUT2D eigenvalue weighted by atomic mass is 16.5. The molecule has 8 nitrogen and oxygen atoms in total. The number of piperidine rings is 1. The van der Waals surface area contributed by atoms with E-state index >= 15 is 0 Å². The van der Waals surface area contributed by atoms with E-state index in [4.69, 9.17) is 4.74 Å². The first-order valence-corrected chi connectivity index (χ1v) is 14.2. The van der Waals surface area contributed by atoms with Crippen molar-refractivity contribution in [2.75, 3.05) is 13.2 Å². The van der Waals surface area contributed by atoms with Gasteiger partial charge in [-0.25, -0.2) is 0 Å². The first kappa shape index (κ1) is 31.6. The van der Waals surface area contributed by atoms with Gasteiger partial charge in [0.15, 0.2) is 6.61 Å². The molecule has 3 amide bonds. The third kappa shape index (κ3) is 9.29. The van der Waals surface area contributed by atoms with Crippen LogP contribution in [0.5, 0.6) is 5.75 Å². The molecule has 1 aliphatic heterocycles. The minimum absolute atomic E-state index is 0.0266. The van der Waals surface area contributed by atoms with Gasteiger partial charge in [0, 0.05) is 19.0 Å². The molecule has 0 spiro atoms. The predicted octanol–water partition coefficient (Wildman–Crippen LogP) is 3.90. The number of nitrogens with zero attached hydrogens (tertiary/aromatic N) is 1. The maximum atomic E-state index is 13.4. The number of rotatable bonds is 14. The van der Waals surface area contributed by atoms with E-state index in [9.17, 15) is 19.5 Å². The van der Waals surface area contributed by atoms with E-state index < -0.39 is 18.2 Å². The normalized spacial score (nSPS) is 17.2. The number of amides is 3. The fourth-order valence-corrected chi connectivity index (χ4v) is 5.33. The Morgan fingerprint density at radius 1 is 1.05 bits per heavy atom. The molecule has 0 radical (unpaired) electrons. The number of hydrogen-bond acceptors (Lipinski definition) is 5. The Hall–Kier alpha value is -2.61. The Morgan fingerprint density at radius 2 is 1.71 bits per heavy atom. The van der Waals surface area contributed by atoms with E-state index in [0.717, 1.165) is 24.0 Å². The first-order chi connectivity index (χ1) is 17.9. The number of hydrogen-bond donors (Lipinski definition) is 3. The number of aliphatic hydroxyl groups is 1. The minimum Gasteiger partial charge on any atom is -0.483 e. The van der Waals surface area contributed by atoms with Crippen LogP contribution < -0.4 is 15.4 Å². The SMILES string of the molecule is CC[C@H](NC(=O)COc1c(C)cccc1C)[C@@H](O)C[C@H](CC(C)C)NC(=O)[C@@H](C(C)C)N1CCCCC1=O. The van der Waals surface area contributed by atoms with Gasteiger partial charge in [-0.05, 0) is 68.9 Å². The average Bonchev–Trinajstić information content (AvgIpc) is 2.82. The summed E-state index contributed by atoms with van der Waals surface area (Å²) in [6.07, 6.45) is 2.93. The zero-order chi connectivity index (χ0) is 28.4. The number of carbonyl (C=O) groups is 3. The number of aliphatic hydroxyl groups excluding tert-OH is 1. The van der Waals surface area contributed by atoms with Crippen molar-refractivity contribution in [3.8, 4) is 5.75 Å². The van der Waals surface area contributed by atoms with E-state index in [1.807, 2.05) is 52.8 Å². The molecule has 0 saturated carbocycles. The van der Waals surface area contributed by atoms with Crippen molar-refractivity contribution in [2.24, 2.45) is 11.8 Å². The second-order valence-electron chi connectivity index (χ2n) is 11.5. The number of aryl methyl sites for hydroxylation is 2. The largest absolute Gasteiger partial charge is 0.483 e. The molecule has 1 heterocycles. The predicted molar refractivity (Wildman–Crippen MR) is 150 cm³/mol. The lowest BCUT2D eigenvalue weighted by Gasteiger charge is -2.37. The molecule has 1 aliphatic rings. The molecule has 2 rings (SSSR count). The molecule has 3 N–H and O–H groups in total. The molecule has 0 aromatic heterocycles. The summed E-state index contributed by atoms with van der Waals surface area (Å²) < 4.78 is 5.77. The Bertz CT molecular complexity index is 912. The van der Waals surface area contributed by atoms with E-state index in [0.29, 0.717) is 43.9 Å². The van der Waals surface area contributed by atoms with Crippen LogP contribution in [0.3, 0.4) is 0 Å². The highest BCUT2D eigenvalue weighted by Gasteiger charge is 2.35. The van der Waals surface area contributed by atoms with Crippen LogP contribution in [0.4, 0.5) is 0 Å². The lowest BCUT2D eigenvalue weighted by atomic mass is 9.93. The average molecular weight is 532 g/mol. The lowest BCUT2D eigenvalue weighted by molar-refractivity contribution is -0.144. The fourth-order valence-electron chi connectivity index (χ4n) is 5.33. The van der Waals surface area contributed by atoms with Crippen molar-refractivity contribution in [3.05, 3.63) is 29.3 Å². The van der Waals surface area contributed by atoms with Gasteiger partial charge in [0.05, 0.1) is 12.1 Å². The summed E-state index contributed by atoms with van der Waals surface area (Å²) in [7, 11) is 0. The monoisotopic (exact) mass is 531 g/mol. The lowest BCUT2D eigenvalue weighted by Crippen LogP contribution is -2.56. The van der Waals surface area contributed by atoms with Crippen molar-refractivity contribution < 1.29 is 24.2 Å². The van der Waals surface area contributed by atoms with Crippen LogP contribution in [0, 0.1) is 25.7 Å². The molecule has 4 atom stereocenters. The van der Waals surface area contributed by atoms with Crippen LogP contribution in [0.15, 0.2) is 18.2 Å². The van der Waals surface area contributed by atoms with Gasteiger partial charge in [-0.1, -0.05) is 52.8 Å². The van der Waals surface area contributed by atoms with Crippen molar-refractivity contribution >= 4 is 17.7 Å². The van der Waals surface area contributed by atoms with Crippen molar-refractivity contribution in [1.82, 2.24) is 15.5 Å². The van der Waals surface area contributed by atoms with Crippen LogP contribution in [0.1, 0.15) is 84.3 Å². The smallest absolute Gasteiger partial charge is 0.258 e. The Labute approximate surface area is 228 Å². The summed E-state index contributed by atoms with van der Waals surface area (Å²) in [6.45, 7) is 14.3. The topological polar surface area (TPSA) is 108 Å². The van der Waals surface area contributed by atoms with E-state index in [1.54, 1.807) is 4.90 Å². The number of ether oxygens (including phenoxy) is 1. The molecule has 1 aromatic carbocycles. The van der Waals surface area contributed by atoms with Gasteiger partial charge in [-0.3, -0.25) is 14.4 Å². The summed E-state index contributed by atoms with van der Waals surface area (Å²) in [5.74, 6) is 0.521. The molecule has 1 saturated heterocycles. The maximum absolute atomic E-state index is 13.4. The Balaban J connectivity index is 2.02. The Kier molecular flexibility index (Phi) is 12.6. The quantitative estimate of drug-likeness (QED) is 0.338. The summed E-state index contributed by atoms with van der Waals surface area (Å²) >= 11 is 0. The highest BCUT2D eigenvalue weighted by Crippen LogP contribution is 2.23. The van der Waals surface area contributed by atoms with Crippen molar-refractivity contribution in [1.29, 1.82) is 0 Å². The molecular formula is C30H49N3O5. The van der Waals surface area contributed by atoms with Gasteiger partial charge in [0.1, 0.15) is 11.8 Å². The number of nitrogens with one attached hydrogen (secondary N) is 2. The molecule has 8 heteroatoms. The van der Waals surface area contributed by atoms with Crippen LogP contribution in [0.25, 0.3) is 0 Å². The summed E-state index contributed by atoms with van der Waals surface area (Å²) in [4.78, 5) is 40.4. The molecule has 0 aliphatic carbocycles. The first-order valence-electron chi connectivity index (χ1n) is 14.2. The van der Waals surface area contributed by atoms with Gasteiger partial charge in [-0.15, -0.1) is 0 Å². The van der Waals surface area contributed by atoms with Crippen molar-refractivity contribution in [2.45, 2.75) is 111 Å². The summed E-state index contributed by atoms with van der Waals surface area (Å²) in [6, 6.07) is 4.54.